The van der Waals surface area contributed by atoms with Crippen molar-refractivity contribution < 1.29 is 9.53 Å². The van der Waals surface area contributed by atoms with Crippen LogP contribution in [0, 0.1) is 0 Å². The second kappa shape index (κ2) is 13.4. The van der Waals surface area contributed by atoms with Gasteiger partial charge in [0.2, 0.25) is 0 Å². The average Bonchev–Trinajstić information content (AvgIpc) is 2.68. The molecule has 0 fully saturated rings. The molecule has 7 N–H and O–H groups in total. The van der Waals surface area contributed by atoms with E-state index in [1.165, 1.54) is 6.92 Å². The Bertz CT molecular complexity index is 703. The number of allylic oxidation sites excluding steroid dienone is 2. The molecule has 1 aromatic rings. The number of hydrogen-bond donors (Lipinski definition) is 3. The van der Waals surface area contributed by atoms with Crippen LogP contribution in [0.4, 0.5) is 0 Å². The molecule has 5 nitrogen and oxygen atoms in total. The molecule has 27 heavy (non-hydrogen) atoms. The Morgan fingerprint density at radius 3 is 2.11 bits per heavy atom. The van der Waals surface area contributed by atoms with Gasteiger partial charge in [0.1, 0.15) is 6.10 Å². The lowest BCUT2D eigenvalue weighted by Gasteiger charge is -2.25. The molecule has 1 unspecified atom stereocenters. The molecule has 1 atom stereocenters. The summed E-state index contributed by atoms with van der Waals surface area (Å²) in [5.74, 6) is -0.348. The molecule has 5 heteroatoms. The Labute approximate surface area is 164 Å². The molecule has 0 spiro atoms. The molecule has 0 saturated heterocycles. The smallest absolute Gasteiger partial charge is 0.303 e. The van der Waals surface area contributed by atoms with Crippen LogP contribution in [0.3, 0.4) is 0 Å². The summed E-state index contributed by atoms with van der Waals surface area (Å²) in [5.41, 5.74) is 16.5. The monoisotopic (exact) mass is 373 g/mol. The highest BCUT2D eigenvalue weighted by Crippen LogP contribution is 2.36. The average molecular weight is 374 g/mol. The van der Waals surface area contributed by atoms with Gasteiger partial charge in [0.25, 0.3) is 0 Å². The van der Waals surface area contributed by atoms with Gasteiger partial charge >= 0.3 is 5.97 Å². The zero-order valence-electron chi connectivity index (χ0n) is 17.3. The predicted molar refractivity (Wildman–Crippen MR) is 116 cm³/mol. The van der Waals surface area contributed by atoms with Crippen molar-refractivity contribution in [2.45, 2.75) is 47.1 Å². The Hall–Kier alpha value is -2.79. The zero-order valence-corrected chi connectivity index (χ0v) is 17.3. The summed E-state index contributed by atoms with van der Waals surface area (Å²) >= 11 is 0. The minimum atomic E-state index is -0.441. The number of benzene rings is 1. The van der Waals surface area contributed by atoms with E-state index in [4.69, 9.17) is 16.2 Å². The molecule has 150 valence electrons. The van der Waals surface area contributed by atoms with Crippen LogP contribution < -0.4 is 17.6 Å². The fourth-order valence-corrected chi connectivity index (χ4v) is 2.65. The molecular weight excluding hydrogens is 338 g/mol. The third-order valence-corrected chi connectivity index (χ3v) is 3.69. The van der Waals surface area contributed by atoms with Gasteiger partial charge in [-0.3, -0.25) is 4.79 Å². The molecule has 1 aliphatic carbocycles. The minimum absolute atomic E-state index is 0. The van der Waals surface area contributed by atoms with Gasteiger partial charge < -0.3 is 22.4 Å². The van der Waals surface area contributed by atoms with Crippen molar-refractivity contribution in [2.75, 3.05) is 0 Å². The van der Waals surface area contributed by atoms with E-state index < -0.39 is 6.10 Å². The fraction of sp³-hybridized carbons (Fsp3) is 0.318. The van der Waals surface area contributed by atoms with Crippen LogP contribution in [-0.4, -0.2) is 5.97 Å². The molecule has 1 aromatic carbocycles. The van der Waals surface area contributed by atoms with E-state index in [1.54, 1.807) is 12.2 Å². The highest BCUT2D eigenvalue weighted by Gasteiger charge is 2.25. The van der Waals surface area contributed by atoms with Crippen LogP contribution in [0.1, 0.15) is 58.3 Å². The number of nitrogens with two attached hydrogens (primary N) is 2. The molecule has 0 aromatic heterocycles. The van der Waals surface area contributed by atoms with Crippen molar-refractivity contribution in [2.24, 2.45) is 11.5 Å². The number of esters is 1. The highest BCUT2D eigenvalue weighted by atomic mass is 16.5. The topological polar surface area (TPSA) is 113 Å². The molecule has 0 aliphatic heterocycles. The van der Waals surface area contributed by atoms with E-state index in [2.05, 4.69) is 13.2 Å². The standard InChI is InChI=1S/C18H20N2O2.2C2H6.H3N/c1-4-12-10-16(22-11(3)21)14-8-6-7-9-15(14)18(20)17(19)13(12)5-2;2*1-2;/h4-9,16H,1-2,10,19-20H2,3H3;2*1-2H3;1H3/b13-12-,18-17-;;;. The SMILES string of the molecule is C=C/C1=C(C=C)/C(N)=C(/N)c2ccccc2C(OC(C)=O)C1.CC.CC.N. The number of hydrogen-bond acceptors (Lipinski definition) is 5. The van der Waals surface area contributed by atoms with Crippen LogP contribution in [0.5, 0.6) is 0 Å². The second-order valence-electron chi connectivity index (χ2n) is 5.06. The van der Waals surface area contributed by atoms with E-state index >= 15 is 0 Å². The first kappa shape index (κ1) is 26.4. The number of ether oxygens (including phenoxy) is 1. The fourth-order valence-electron chi connectivity index (χ4n) is 2.65. The van der Waals surface area contributed by atoms with Crippen molar-refractivity contribution >= 4 is 11.7 Å². The number of carbonyl (C=O) groups excluding carboxylic acids is 1. The minimum Gasteiger partial charge on any atom is -0.457 e. The summed E-state index contributed by atoms with van der Waals surface area (Å²) in [4.78, 5) is 11.5. The molecule has 0 amide bonds. The number of carbonyl (C=O) groups is 1. The van der Waals surface area contributed by atoms with Gasteiger partial charge in [-0.1, -0.05) is 77.3 Å². The molecule has 0 radical (unpaired) electrons. The van der Waals surface area contributed by atoms with E-state index in [-0.39, 0.29) is 12.1 Å². The quantitative estimate of drug-likeness (QED) is 0.633. The first-order valence-electron chi connectivity index (χ1n) is 8.99. The Balaban J connectivity index is 0. The summed E-state index contributed by atoms with van der Waals surface area (Å²) in [6.07, 6.45) is 3.37. The van der Waals surface area contributed by atoms with Crippen LogP contribution in [0.15, 0.2) is 66.4 Å². The molecule has 0 bridgehead atoms. The van der Waals surface area contributed by atoms with Gasteiger partial charge in [-0.2, -0.15) is 0 Å². The van der Waals surface area contributed by atoms with E-state index in [0.29, 0.717) is 17.8 Å². The van der Waals surface area contributed by atoms with E-state index in [9.17, 15) is 4.79 Å². The van der Waals surface area contributed by atoms with Crippen molar-refractivity contribution in [3.8, 4) is 0 Å². The molecule has 0 saturated carbocycles. The van der Waals surface area contributed by atoms with Gasteiger partial charge in [0.05, 0.1) is 11.4 Å². The summed E-state index contributed by atoms with van der Waals surface area (Å²) in [5, 5.41) is 0. The van der Waals surface area contributed by atoms with Gasteiger partial charge in [-0.25, -0.2) is 0 Å². The van der Waals surface area contributed by atoms with Gasteiger partial charge in [0.15, 0.2) is 0 Å². The summed E-state index contributed by atoms with van der Waals surface area (Å²) < 4.78 is 5.49. The van der Waals surface area contributed by atoms with Gasteiger partial charge in [-0.15, -0.1) is 0 Å². The first-order valence-corrected chi connectivity index (χ1v) is 8.99. The maximum absolute atomic E-state index is 11.5. The predicted octanol–water partition coefficient (Wildman–Crippen LogP) is 5.16. The van der Waals surface area contributed by atoms with Crippen LogP contribution in [0.25, 0.3) is 5.70 Å². The van der Waals surface area contributed by atoms with Gasteiger partial charge in [0, 0.05) is 30.0 Å². The van der Waals surface area contributed by atoms with E-state index in [0.717, 1.165) is 22.3 Å². The molecule has 1 aliphatic rings. The lowest BCUT2D eigenvalue weighted by atomic mass is 9.88. The van der Waals surface area contributed by atoms with Crippen molar-refractivity contribution in [3.05, 3.63) is 77.5 Å². The third kappa shape index (κ3) is 6.46. The number of fused-ring (bicyclic) bond motifs is 1. The first-order chi connectivity index (χ1) is 12.5. The third-order valence-electron chi connectivity index (χ3n) is 3.69. The van der Waals surface area contributed by atoms with Crippen molar-refractivity contribution in [1.29, 1.82) is 0 Å². The van der Waals surface area contributed by atoms with Crippen LogP contribution in [0.2, 0.25) is 0 Å². The molecule has 0 heterocycles. The Kier molecular flexibility index (Phi) is 13.1. The largest absolute Gasteiger partial charge is 0.457 e. The van der Waals surface area contributed by atoms with Crippen molar-refractivity contribution in [1.82, 2.24) is 6.15 Å². The lowest BCUT2D eigenvalue weighted by molar-refractivity contribution is -0.146. The zero-order chi connectivity index (χ0) is 20.3. The Morgan fingerprint density at radius 1 is 1.07 bits per heavy atom. The lowest BCUT2D eigenvalue weighted by Crippen LogP contribution is -2.19. The molecular formula is C22H35N3O2. The maximum atomic E-state index is 11.5. The Morgan fingerprint density at radius 2 is 1.63 bits per heavy atom. The summed E-state index contributed by atoms with van der Waals surface area (Å²) in [7, 11) is 0. The van der Waals surface area contributed by atoms with Crippen LogP contribution in [-0.2, 0) is 9.53 Å². The van der Waals surface area contributed by atoms with Crippen molar-refractivity contribution in [3.63, 3.8) is 0 Å². The second-order valence-corrected chi connectivity index (χ2v) is 5.06. The maximum Gasteiger partial charge on any atom is 0.303 e. The summed E-state index contributed by atoms with van der Waals surface area (Å²) in [6.45, 7) is 17.0. The number of rotatable bonds is 3. The molecule has 2 rings (SSSR count). The van der Waals surface area contributed by atoms with E-state index in [1.807, 2.05) is 52.0 Å². The summed E-state index contributed by atoms with van der Waals surface area (Å²) in [6, 6.07) is 7.51. The van der Waals surface area contributed by atoms with Gasteiger partial charge in [-0.05, 0) is 5.57 Å². The normalized spacial score (nSPS) is 20.6. The van der Waals surface area contributed by atoms with Crippen LogP contribution >= 0.6 is 0 Å². The highest BCUT2D eigenvalue weighted by molar-refractivity contribution is 5.75.